The fourth-order valence-electron chi connectivity index (χ4n) is 7.13. The van der Waals surface area contributed by atoms with Gasteiger partial charge >= 0.3 is 0 Å². The van der Waals surface area contributed by atoms with E-state index in [1.54, 1.807) is 0 Å². The van der Waals surface area contributed by atoms with E-state index in [9.17, 15) is 0 Å². The van der Waals surface area contributed by atoms with Gasteiger partial charge in [0.1, 0.15) is 11.2 Å². The minimum atomic E-state index is 0.0275. The molecule has 3 nitrogen and oxygen atoms in total. The zero-order chi connectivity index (χ0) is 29.4. The molecule has 8 aromatic rings. The lowest BCUT2D eigenvalue weighted by Gasteiger charge is -2.21. The van der Waals surface area contributed by atoms with Crippen molar-refractivity contribution in [3.63, 3.8) is 0 Å². The zero-order valence-corrected chi connectivity index (χ0v) is 24.6. The number of pyridine rings is 2. The molecular formula is C41H29N3. The van der Waals surface area contributed by atoms with Crippen molar-refractivity contribution in [1.82, 2.24) is 14.4 Å². The van der Waals surface area contributed by atoms with E-state index < -0.39 is 0 Å². The smallest absolute Gasteiger partial charge is 0.137 e. The van der Waals surface area contributed by atoms with Gasteiger partial charge in [-0.3, -0.25) is 4.40 Å². The van der Waals surface area contributed by atoms with Gasteiger partial charge in [-0.25, -0.2) is 9.97 Å². The summed E-state index contributed by atoms with van der Waals surface area (Å²) in [6, 6.07) is 47.9. The molecule has 0 saturated carbocycles. The number of para-hydroxylation sites is 1. The second-order valence-corrected chi connectivity index (χ2v) is 12.3. The van der Waals surface area contributed by atoms with E-state index >= 15 is 0 Å². The van der Waals surface area contributed by atoms with Crippen LogP contribution in [0.4, 0.5) is 0 Å². The monoisotopic (exact) mass is 563 g/mol. The van der Waals surface area contributed by atoms with E-state index in [1.807, 2.05) is 24.3 Å². The Morgan fingerprint density at radius 3 is 1.93 bits per heavy atom. The molecule has 3 heteroatoms. The molecule has 0 fully saturated rings. The molecule has 0 amide bonds. The second-order valence-electron chi connectivity index (χ2n) is 12.3. The van der Waals surface area contributed by atoms with Crippen molar-refractivity contribution < 1.29 is 0 Å². The average Bonchev–Trinajstić information content (AvgIpc) is 3.58. The Morgan fingerprint density at radius 2 is 1.14 bits per heavy atom. The average molecular weight is 564 g/mol. The van der Waals surface area contributed by atoms with E-state index in [2.05, 4.69) is 134 Å². The summed E-state index contributed by atoms with van der Waals surface area (Å²) in [5.41, 5.74) is 16.3. The lowest BCUT2D eigenvalue weighted by molar-refractivity contribution is 0.660. The molecule has 0 radical (unpaired) electrons. The Labute approximate surface area is 256 Å². The Hall–Kier alpha value is -5.54. The molecule has 0 saturated heterocycles. The van der Waals surface area contributed by atoms with Gasteiger partial charge < -0.3 is 0 Å². The van der Waals surface area contributed by atoms with Crippen molar-refractivity contribution >= 4 is 27.6 Å². The van der Waals surface area contributed by atoms with Gasteiger partial charge in [0, 0.05) is 22.6 Å². The number of nitrogens with zero attached hydrogens (tertiary/aromatic N) is 3. The van der Waals surface area contributed by atoms with Crippen LogP contribution in [0.2, 0.25) is 0 Å². The van der Waals surface area contributed by atoms with Gasteiger partial charge in [-0.1, -0.05) is 123 Å². The lowest BCUT2D eigenvalue weighted by atomic mass is 9.82. The minimum Gasteiger partial charge on any atom is -0.298 e. The largest absolute Gasteiger partial charge is 0.298 e. The minimum absolute atomic E-state index is 0.0275. The molecule has 0 N–H and O–H groups in total. The number of imidazole rings is 1. The third-order valence-corrected chi connectivity index (χ3v) is 9.44. The predicted molar refractivity (Wildman–Crippen MR) is 182 cm³/mol. The maximum atomic E-state index is 5.13. The van der Waals surface area contributed by atoms with Gasteiger partial charge in [0.2, 0.25) is 0 Å². The number of hydrogen-bond acceptors (Lipinski definition) is 2. The summed E-state index contributed by atoms with van der Waals surface area (Å²) in [5.74, 6) is 0. The van der Waals surface area contributed by atoms with Crippen LogP contribution in [0.15, 0.2) is 140 Å². The van der Waals surface area contributed by atoms with E-state index in [0.717, 1.165) is 38.8 Å². The maximum Gasteiger partial charge on any atom is 0.137 e. The molecule has 3 heterocycles. The highest BCUT2D eigenvalue weighted by atomic mass is 15.0. The topological polar surface area (TPSA) is 30.2 Å². The standard InChI is InChI=1S/C41H29N3/c1-41(2)34-11-5-3-9-31(34)33-25-30(22-23-35(33)41)28-16-14-26(15-17-28)27-18-20-29(21-19-27)38-40-39(32-10-4-6-12-36(32)42-38)43-37-13-7-8-24-44(37)40/h3-25H,1-2H3. The molecule has 3 aromatic heterocycles. The van der Waals surface area contributed by atoms with Crippen LogP contribution in [0.5, 0.6) is 0 Å². The van der Waals surface area contributed by atoms with Crippen molar-refractivity contribution in [2.24, 2.45) is 0 Å². The fourth-order valence-corrected chi connectivity index (χ4v) is 7.13. The first-order chi connectivity index (χ1) is 21.6. The highest BCUT2D eigenvalue weighted by molar-refractivity contribution is 6.09. The van der Waals surface area contributed by atoms with E-state index in [1.165, 1.54) is 44.5 Å². The molecule has 0 bridgehead atoms. The lowest BCUT2D eigenvalue weighted by Crippen LogP contribution is -2.14. The van der Waals surface area contributed by atoms with Crippen molar-refractivity contribution in [3.8, 4) is 44.6 Å². The van der Waals surface area contributed by atoms with Gasteiger partial charge in [-0.2, -0.15) is 0 Å². The first-order valence-corrected chi connectivity index (χ1v) is 15.2. The molecule has 0 spiro atoms. The molecule has 5 aromatic carbocycles. The van der Waals surface area contributed by atoms with Crippen molar-refractivity contribution in [2.75, 3.05) is 0 Å². The van der Waals surface area contributed by atoms with Crippen molar-refractivity contribution in [1.29, 1.82) is 0 Å². The van der Waals surface area contributed by atoms with Gasteiger partial charge in [0.25, 0.3) is 0 Å². The first kappa shape index (κ1) is 25.0. The molecular weight excluding hydrogens is 534 g/mol. The SMILES string of the molecule is CC1(C)c2ccccc2-c2cc(-c3ccc(-c4ccc(-c5nc6ccccc6c6nc7ccccn7c56)cc4)cc3)ccc21. The number of fused-ring (bicyclic) bond motifs is 8. The van der Waals surface area contributed by atoms with Crippen LogP contribution in [0.25, 0.3) is 72.2 Å². The quantitative estimate of drug-likeness (QED) is 0.214. The van der Waals surface area contributed by atoms with Crippen LogP contribution < -0.4 is 0 Å². The fraction of sp³-hybridized carbons (Fsp3) is 0.0732. The summed E-state index contributed by atoms with van der Waals surface area (Å²) in [6.07, 6.45) is 2.07. The number of aromatic nitrogens is 3. The molecule has 0 unspecified atom stereocenters. The summed E-state index contributed by atoms with van der Waals surface area (Å²) < 4.78 is 2.15. The van der Waals surface area contributed by atoms with Crippen LogP contribution in [0.3, 0.4) is 0 Å². The Bertz CT molecular complexity index is 2390. The summed E-state index contributed by atoms with van der Waals surface area (Å²) in [4.78, 5) is 10.1. The molecule has 208 valence electrons. The molecule has 1 aliphatic rings. The highest BCUT2D eigenvalue weighted by Crippen LogP contribution is 2.49. The number of rotatable bonds is 3. The molecule has 0 atom stereocenters. The van der Waals surface area contributed by atoms with Gasteiger partial charge in [0.15, 0.2) is 0 Å². The van der Waals surface area contributed by atoms with Crippen molar-refractivity contribution in [2.45, 2.75) is 19.3 Å². The Morgan fingerprint density at radius 1 is 0.523 bits per heavy atom. The van der Waals surface area contributed by atoms with Crippen LogP contribution in [0, 0.1) is 0 Å². The summed E-state index contributed by atoms with van der Waals surface area (Å²) in [5, 5.41) is 1.07. The molecule has 9 rings (SSSR count). The Balaban J connectivity index is 1.07. The van der Waals surface area contributed by atoms with E-state index in [-0.39, 0.29) is 5.41 Å². The molecule has 44 heavy (non-hydrogen) atoms. The number of benzene rings is 5. The van der Waals surface area contributed by atoms with Crippen LogP contribution in [-0.2, 0) is 5.41 Å². The van der Waals surface area contributed by atoms with E-state index in [4.69, 9.17) is 9.97 Å². The van der Waals surface area contributed by atoms with Crippen LogP contribution in [0.1, 0.15) is 25.0 Å². The maximum absolute atomic E-state index is 5.13. The van der Waals surface area contributed by atoms with Crippen LogP contribution >= 0.6 is 0 Å². The summed E-state index contributed by atoms with van der Waals surface area (Å²) in [6.45, 7) is 4.65. The second kappa shape index (κ2) is 9.23. The van der Waals surface area contributed by atoms with Crippen molar-refractivity contribution in [3.05, 3.63) is 151 Å². The highest BCUT2D eigenvalue weighted by Gasteiger charge is 2.35. The molecule has 1 aliphatic carbocycles. The summed E-state index contributed by atoms with van der Waals surface area (Å²) >= 11 is 0. The normalized spacial score (nSPS) is 13.4. The third kappa shape index (κ3) is 3.62. The third-order valence-electron chi connectivity index (χ3n) is 9.44. The first-order valence-electron chi connectivity index (χ1n) is 15.2. The summed E-state index contributed by atoms with van der Waals surface area (Å²) in [7, 11) is 0. The Kier molecular flexibility index (Phi) is 5.24. The van der Waals surface area contributed by atoms with E-state index in [0.29, 0.717) is 0 Å². The number of hydrogen-bond donors (Lipinski definition) is 0. The molecule has 0 aliphatic heterocycles. The predicted octanol–water partition coefficient (Wildman–Crippen LogP) is 10.3. The van der Waals surface area contributed by atoms with Gasteiger partial charge in [-0.05, 0) is 68.8 Å². The van der Waals surface area contributed by atoms with Gasteiger partial charge in [0.05, 0.1) is 16.7 Å². The van der Waals surface area contributed by atoms with Gasteiger partial charge in [-0.15, -0.1) is 0 Å². The van der Waals surface area contributed by atoms with Crippen LogP contribution in [-0.4, -0.2) is 14.4 Å². The zero-order valence-electron chi connectivity index (χ0n) is 24.6.